The zero-order chi connectivity index (χ0) is 17.7. The van der Waals surface area contributed by atoms with Crippen LogP contribution < -0.4 is 15.8 Å². The minimum Gasteiger partial charge on any atom is -0.370 e. The molecule has 1 aromatic heterocycles. The molecule has 24 heavy (non-hydrogen) atoms. The Bertz CT molecular complexity index is 743. The van der Waals surface area contributed by atoms with Crippen molar-refractivity contribution < 1.29 is 0 Å². The Morgan fingerprint density at radius 3 is 2.29 bits per heavy atom. The maximum atomic E-state index is 12.5. The number of nitrogens with one attached hydrogen (secondary N) is 1. The van der Waals surface area contributed by atoms with Crippen molar-refractivity contribution in [3.63, 3.8) is 0 Å². The third kappa shape index (κ3) is 4.19. The SMILES string of the molecule is CCCN(CCC)c1cc(Nc2ccc(C)cc2C)c(=O)n(C)c1. The average Bonchev–Trinajstić information content (AvgIpc) is 2.53. The van der Waals surface area contributed by atoms with Crippen molar-refractivity contribution in [2.75, 3.05) is 23.3 Å². The summed E-state index contributed by atoms with van der Waals surface area (Å²) in [5, 5.41) is 3.33. The molecule has 0 amide bonds. The summed E-state index contributed by atoms with van der Waals surface area (Å²) in [6, 6.07) is 8.20. The van der Waals surface area contributed by atoms with Gasteiger partial charge in [-0.25, -0.2) is 0 Å². The largest absolute Gasteiger partial charge is 0.370 e. The number of aryl methyl sites for hydroxylation is 3. The van der Waals surface area contributed by atoms with Gasteiger partial charge in [-0.3, -0.25) is 4.79 Å². The van der Waals surface area contributed by atoms with E-state index in [1.807, 2.05) is 25.4 Å². The minimum atomic E-state index is -0.00771. The van der Waals surface area contributed by atoms with Crippen molar-refractivity contribution in [2.24, 2.45) is 7.05 Å². The summed E-state index contributed by atoms with van der Waals surface area (Å²) in [6.45, 7) is 10.5. The third-order valence-electron chi connectivity index (χ3n) is 4.17. The van der Waals surface area contributed by atoms with Crippen molar-refractivity contribution in [3.05, 3.63) is 51.9 Å². The number of rotatable bonds is 7. The van der Waals surface area contributed by atoms with Crippen LogP contribution in [0.1, 0.15) is 37.8 Å². The first-order valence-electron chi connectivity index (χ1n) is 8.76. The second kappa shape index (κ2) is 8.04. The molecule has 0 unspecified atom stereocenters. The smallest absolute Gasteiger partial charge is 0.274 e. The van der Waals surface area contributed by atoms with Crippen molar-refractivity contribution in [1.82, 2.24) is 4.57 Å². The van der Waals surface area contributed by atoms with Crippen LogP contribution in [0.4, 0.5) is 17.1 Å². The number of aromatic nitrogens is 1. The van der Waals surface area contributed by atoms with E-state index < -0.39 is 0 Å². The van der Waals surface area contributed by atoms with Gasteiger partial charge in [0.25, 0.3) is 5.56 Å². The number of benzene rings is 1. The highest BCUT2D eigenvalue weighted by Crippen LogP contribution is 2.23. The van der Waals surface area contributed by atoms with Gasteiger partial charge in [0.1, 0.15) is 5.69 Å². The molecule has 0 saturated carbocycles. The molecule has 4 heteroatoms. The predicted octanol–water partition coefficient (Wildman–Crippen LogP) is 4.37. The van der Waals surface area contributed by atoms with Crippen molar-refractivity contribution in [3.8, 4) is 0 Å². The van der Waals surface area contributed by atoms with Gasteiger partial charge in [-0.2, -0.15) is 0 Å². The van der Waals surface area contributed by atoms with Gasteiger partial charge in [0.2, 0.25) is 0 Å². The Morgan fingerprint density at radius 2 is 1.71 bits per heavy atom. The number of anilines is 3. The van der Waals surface area contributed by atoms with Gasteiger partial charge in [0.05, 0.1) is 5.69 Å². The number of hydrogen-bond donors (Lipinski definition) is 1. The van der Waals surface area contributed by atoms with E-state index in [1.54, 1.807) is 4.57 Å². The van der Waals surface area contributed by atoms with E-state index in [9.17, 15) is 4.79 Å². The van der Waals surface area contributed by atoms with Crippen molar-refractivity contribution >= 4 is 17.1 Å². The lowest BCUT2D eigenvalue weighted by Gasteiger charge is -2.25. The number of pyridine rings is 1. The summed E-state index contributed by atoms with van der Waals surface area (Å²) in [5.74, 6) is 0. The third-order valence-corrected chi connectivity index (χ3v) is 4.17. The highest BCUT2D eigenvalue weighted by molar-refractivity contribution is 5.66. The molecule has 2 rings (SSSR count). The predicted molar refractivity (Wildman–Crippen MR) is 104 cm³/mol. The molecule has 0 atom stereocenters. The molecule has 0 radical (unpaired) electrons. The molecule has 1 aromatic carbocycles. The Morgan fingerprint density at radius 1 is 1.04 bits per heavy atom. The molecular formula is C20H29N3O. The van der Waals surface area contributed by atoms with Gasteiger partial charge in [0.15, 0.2) is 0 Å². The lowest BCUT2D eigenvalue weighted by atomic mass is 10.1. The molecule has 0 bridgehead atoms. The molecule has 130 valence electrons. The highest BCUT2D eigenvalue weighted by Gasteiger charge is 2.11. The molecule has 1 heterocycles. The van der Waals surface area contributed by atoms with Crippen LogP contribution in [0.2, 0.25) is 0 Å². The van der Waals surface area contributed by atoms with Crippen LogP contribution in [-0.4, -0.2) is 17.7 Å². The van der Waals surface area contributed by atoms with E-state index in [1.165, 1.54) is 5.56 Å². The van der Waals surface area contributed by atoms with Gasteiger partial charge < -0.3 is 14.8 Å². The Balaban J connectivity index is 2.40. The molecule has 0 saturated heterocycles. The molecule has 4 nitrogen and oxygen atoms in total. The zero-order valence-electron chi connectivity index (χ0n) is 15.5. The molecule has 0 fully saturated rings. The second-order valence-corrected chi connectivity index (χ2v) is 6.46. The van der Waals surface area contributed by atoms with E-state index in [2.05, 4.69) is 50.0 Å². The molecular weight excluding hydrogens is 298 g/mol. The van der Waals surface area contributed by atoms with Crippen LogP contribution in [-0.2, 0) is 7.05 Å². The summed E-state index contributed by atoms with van der Waals surface area (Å²) in [5.41, 5.74) is 5.05. The van der Waals surface area contributed by atoms with Crippen molar-refractivity contribution in [1.29, 1.82) is 0 Å². The Hall–Kier alpha value is -2.23. The summed E-state index contributed by atoms with van der Waals surface area (Å²) < 4.78 is 1.67. The van der Waals surface area contributed by atoms with Crippen LogP contribution in [0.25, 0.3) is 0 Å². The monoisotopic (exact) mass is 327 g/mol. The summed E-state index contributed by atoms with van der Waals surface area (Å²) >= 11 is 0. The fourth-order valence-corrected chi connectivity index (χ4v) is 2.97. The average molecular weight is 327 g/mol. The fourth-order valence-electron chi connectivity index (χ4n) is 2.97. The molecule has 0 aliphatic heterocycles. The molecule has 0 aliphatic carbocycles. The Kier molecular flexibility index (Phi) is 6.07. The van der Waals surface area contributed by atoms with E-state index in [4.69, 9.17) is 0 Å². The van der Waals surface area contributed by atoms with E-state index in [0.29, 0.717) is 5.69 Å². The molecule has 0 spiro atoms. The Labute approximate surface area is 145 Å². The van der Waals surface area contributed by atoms with Crippen LogP contribution in [0, 0.1) is 13.8 Å². The van der Waals surface area contributed by atoms with E-state index in [-0.39, 0.29) is 5.56 Å². The lowest BCUT2D eigenvalue weighted by Crippen LogP contribution is -2.28. The lowest BCUT2D eigenvalue weighted by molar-refractivity contribution is 0.735. The van der Waals surface area contributed by atoms with Crippen LogP contribution in [0.15, 0.2) is 35.3 Å². The van der Waals surface area contributed by atoms with Gasteiger partial charge in [-0.15, -0.1) is 0 Å². The van der Waals surface area contributed by atoms with Crippen molar-refractivity contribution in [2.45, 2.75) is 40.5 Å². The van der Waals surface area contributed by atoms with Gasteiger partial charge in [-0.05, 0) is 44.4 Å². The standard InChI is InChI=1S/C20H29N3O/c1-6-10-23(11-7-2)17-13-19(20(24)22(5)14-17)21-18-9-8-15(3)12-16(18)4/h8-9,12-14,21H,6-7,10-11H2,1-5H3. The maximum Gasteiger partial charge on any atom is 0.274 e. The molecule has 1 N–H and O–H groups in total. The normalized spacial score (nSPS) is 10.7. The number of nitrogens with zero attached hydrogens (tertiary/aromatic N) is 2. The van der Waals surface area contributed by atoms with Crippen LogP contribution in [0.3, 0.4) is 0 Å². The molecule has 2 aromatic rings. The zero-order valence-corrected chi connectivity index (χ0v) is 15.5. The van der Waals surface area contributed by atoms with Crippen LogP contribution >= 0.6 is 0 Å². The quantitative estimate of drug-likeness (QED) is 0.820. The summed E-state index contributed by atoms with van der Waals surface area (Å²) in [6.07, 6.45) is 4.10. The summed E-state index contributed by atoms with van der Waals surface area (Å²) in [7, 11) is 1.81. The number of hydrogen-bond acceptors (Lipinski definition) is 3. The molecule has 0 aliphatic rings. The van der Waals surface area contributed by atoms with Crippen LogP contribution in [0.5, 0.6) is 0 Å². The van der Waals surface area contributed by atoms with Gasteiger partial charge >= 0.3 is 0 Å². The van der Waals surface area contributed by atoms with E-state index in [0.717, 1.165) is 42.9 Å². The summed E-state index contributed by atoms with van der Waals surface area (Å²) in [4.78, 5) is 14.9. The fraction of sp³-hybridized carbons (Fsp3) is 0.450. The first-order chi connectivity index (χ1) is 11.5. The maximum absolute atomic E-state index is 12.5. The first kappa shape index (κ1) is 18.1. The van der Waals surface area contributed by atoms with Gasteiger partial charge in [-0.1, -0.05) is 31.5 Å². The van der Waals surface area contributed by atoms with E-state index >= 15 is 0 Å². The topological polar surface area (TPSA) is 37.3 Å². The second-order valence-electron chi connectivity index (χ2n) is 6.46. The highest BCUT2D eigenvalue weighted by atomic mass is 16.1. The van der Waals surface area contributed by atoms with Gasteiger partial charge in [0, 0.05) is 32.0 Å². The minimum absolute atomic E-state index is 0.00771. The first-order valence-corrected chi connectivity index (χ1v) is 8.76.